The van der Waals surface area contributed by atoms with Crippen LogP contribution in [0.3, 0.4) is 0 Å². The molecule has 5 aromatic heterocycles. The number of nitrogens with one attached hydrogen (secondary N) is 4. The fourth-order valence-electron chi connectivity index (χ4n) is 8.95. The molecule has 5 heterocycles. The Balaban J connectivity index is 1.37. The second-order valence-corrected chi connectivity index (χ2v) is 15.0. The predicted molar refractivity (Wildman–Crippen MR) is 222 cm³/mol. The first-order valence-electron chi connectivity index (χ1n) is 18.0. The predicted octanol–water partition coefficient (Wildman–Crippen LogP) is 11.0. The topological polar surface area (TPSA) is 63.2 Å². The van der Waals surface area contributed by atoms with Crippen molar-refractivity contribution in [1.29, 1.82) is 0 Å². The highest BCUT2D eigenvalue weighted by atomic mass is 32.1. The molecule has 0 saturated heterocycles. The third kappa shape index (κ3) is 4.00. The van der Waals surface area contributed by atoms with Crippen LogP contribution in [0, 0.1) is 0 Å². The Kier molecular flexibility index (Phi) is 5.90. The van der Waals surface area contributed by atoms with E-state index in [0.717, 1.165) is 22.1 Å². The molecule has 4 nitrogen and oxygen atoms in total. The summed E-state index contributed by atoms with van der Waals surface area (Å²) in [5, 5.41) is 7.43. The molecule has 1 aliphatic carbocycles. The van der Waals surface area contributed by atoms with E-state index < -0.39 is 0 Å². The molecule has 5 heteroatoms. The average molecular weight is 695 g/mol. The van der Waals surface area contributed by atoms with Crippen LogP contribution >= 0.6 is 11.3 Å². The van der Waals surface area contributed by atoms with Gasteiger partial charge in [0.05, 0.1) is 0 Å². The van der Waals surface area contributed by atoms with Crippen LogP contribution in [0.25, 0.3) is 87.8 Å². The summed E-state index contributed by atoms with van der Waals surface area (Å²) < 4.78 is 2.54. The maximum absolute atomic E-state index is 3.63. The molecule has 0 radical (unpaired) electrons. The van der Waals surface area contributed by atoms with E-state index in [2.05, 4.69) is 178 Å². The number of aromatic amines is 4. The molecule has 0 spiro atoms. The van der Waals surface area contributed by atoms with Gasteiger partial charge in [-0.2, -0.15) is 0 Å². The van der Waals surface area contributed by atoms with Gasteiger partial charge in [0.15, 0.2) is 0 Å². The van der Waals surface area contributed by atoms with E-state index in [1.54, 1.807) is 0 Å². The lowest BCUT2D eigenvalue weighted by Crippen LogP contribution is -2.08. The lowest BCUT2D eigenvalue weighted by atomic mass is 9.93. The fourth-order valence-corrected chi connectivity index (χ4v) is 10.4. The number of benzene rings is 6. The standard InChI is InChI=1S/C48H30N4S/c1-5-19-38-28(13-1)34(23-49-38)43(35-24-50-39-20-6-2-14-29(35)39)47-45-32-17-9-11-27-12-10-18-33(42(27)32)46(45)48(53-47)44(36-25-51-40-21-7-3-15-30(36)40)37-26-52-41-22-8-4-16-31(37)41/h1-26,49-52H. The molecule has 4 N–H and O–H groups in total. The SMILES string of the molecule is c1cc2c3c(cccc3c1)-c1c-2c(=C(c2c[nH]c3ccccc23)c2c[nH]c3ccccc23)sc1=C(c1c[nH]c2ccccc12)c1c[nH]c2ccccc12. The van der Waals surface area contributed by atoms with E-state index >= 15 is 0 Å². The van der Waals surface area contributed by atoms with Crippen LogP contribution in [0.4, 0.5) is 0 Å². The molecule has 12 rings (SSSR count). The number of rotatable bonds is 4. The van der Waals surface area contributed by atoms with Crippen molar-refractivity contribution in [2.75, 3.05) is 0 Å². The van der Waals surface area contributed by atoms with E-state index in [4.69, 9.17) is 0 Å². The Hall–Kier alpha value is -6.82. The summed E-state index contributed by atoms with van der Waals surface area (Å²) in [6.45, 7) is 0. The molecule has 0 atom stereocenters. The minimum absolute atomic E-state index is 1.13. The van der Waals surface area contributed by atoms with Crippen molar-refractivity contribution in [3.05, 3.63) is 190 Å². The maximum Gasteiger partial charge on any atom is 0.0460 e. The molecule has 53 heavy (non-hydrogen) atoms. The van der Waals surface area contributed by atoms with Gasteiger partial charge in [-0.15, -0.1) is 11.3 Å². The molecule has 0 saturated carbocycles. The van der Waals surface area contributed by atoms with Crippen molar-refractivity contribution in [2.45, 2.75) is 0 Å². The molecule has 0 fully saturated rings. The Bertz CT molecular complexity index is 3040. The van der Waals surface area contributed by atoms with Gasteiger partial charge < -0.3 is 19.9 Å². The van der Waals surface area contributed by atoms with E-state index in [1.807, 2.05) is 11.3 Å². The third-order valence-corrected chi connectivity index (χ3v) is 12.5. The smallest absolute Gasteiger partial charge is 0.0460 e. The molecule has 11 aromatic rings. The highest BCUT2D eigenvalue weighted by Crippen LogP contribution is 2.47. The molecule has 1 aliphatic rings. The Labute approximate surface area is 307 Å². The van der Waals surface area contributed by atoms with E-state index in [0.29, 0.717) is 0 Å². The molecule has 0 amide bonds. The summed E-state index contributed by atoms with van der Waals surface area (Å²) in [6, 6.07) is 48.3. The number of para-hydroxylation sites is 4. The van der Waals surface area contributed by atoms with Gasteiger partial charge in [-0.1, -0.05) is 109 Å². The van der Waals surface area contributed by atoms with Crippen molar-refractivity contribution >= 4 is 76.9 Å². The number of fused-ring (bicyclic) bond motifs is 7. The summed E-state index contributed by atoms with van der Waals surface area (Å²) in [5.74, 6) is 0. The second-order valence-electron chi connectivity index (χ2n) is 14.0. The van der Waals surface area contributed by atoms with E-state index in [-0.39, 0.29) is 0 Å². The Morgan fingerprint density at radius 2 is 0.698 bits per heavy atom. The van der Waals surface area contributed by atoms with Gasteiger partial charge in [-0.25, -0.2) is 0 Å². The van der Waals surface area contributed by atoms with E-state index in [1.165, 1.54) is 97.0 Å². The normalized spacial score (nSPS) is 12.2. The lowest BCUT2D eigenvalue weighted by Gasteiger charge is -2.09. The summed E-state index contributed by atoms with van der Waals surface area (Å²) in [6.07, 6.45) is 8.83. The van der Waals surface area contributed by atoms with Crippen LogP contribution in [0.1, 0.15) is 22.3 Å². The third-order valence-electron chi connectivity index (χ3n) is 11.2. The summed E-state index contributed by atoms with van der Waals surface area (Å²) in [5.41, 5.74) is 17.0. The van der Waals surface area contributed by atoms with Crippen LogP contribution in [-0.4, -0.2) is 19.9 Å². The number of H-pyrrole nitrogens is 4. The number of hydrogen-bond acceptors (Lipinski definition) is 1. The second kappa shape index (κ2) is 10.8. The zero-order valence-electron chi connectivity index (χ0n) is 28.4. The molecule has 6 aromatic carbocycles. The minimum atomic E-state index is 1.13. The largest absolute Gasteiger partial charge is 0.361 e. The molecule has 0 bridgehead atoms. The summed E-state index contributed by atoms with van der Waals surface area (Å²) in [4.78, 5) is 14.5. The quantitative estimate of drug-likeness (QED) is 0.142. The van der Waals surface area contributed by atoms with Crippen molar-refractivity contribution < 1.29 is 0 Å². The Morgan fingerprint density at radius 1 is 0.358 bits per heavy atom. The molecular formula is C48H30N4S. The van der Waals surface area contributed by atoms with Gasteiger partial charge in [-0.3, -0.25) is 0 Å². The van der Waals surface area contributed by atoms with Gasteiger partial charge in [-0.05, 0) is 46.2 Å². The van der Waals surface area contributed by atoms with E-state index in [9.17, 15) is 0 Å². The zero-order valence-corrected chi connectivity index (χ0v) is 29.2. The minimum Gasteiger partial charge on any atom is -0.361 e. The number of aromatic nitrogens is 4. The molecular weight excluding hydrogens is 665 g/mol. The zero-order chi connectivity index (χ0) is 34.6. The van der Waals surface area contributed by atoms with Gasteiger partial charge >= 0.3 is 0 Å². The summed E-state index contributed by atoms with van der Waals surface area (Å²) in [7, 11) is 0. The van der Waals surface area contributed by atoms with Crippen molar-refractivity contribution in [2.24, 2.45) is 0 Å². The fraction of sp³-hybridized carbons (Fsp3) is 0. The van der Waals surface area contributed by atoms with Crippen LogP contribution in [0.2, 0.25) is 0 Å². The van der Waals surface area contributed by atoms with Crippen LogP contribution in [-0.2, 0) is 0 Å². The van der Waals surface area contributed by atoms with Crippen molar-refractivity contribution in [1.82, 2.24) is 19.9 Å². The monoisotopic (exact) mass is 694 g/mol. The van der Waals surface area contributed by atoms with Crippen LogP contribution < -0.4 is 9.06 Å². The highest BCUT2D eigenvalue weighted by molar-refractivity contribution is 7.09. The first-order chi connectivity index (χ1) is 26.3. The van der Waals surface area contributed by atoms with Crippen LogP contribution in [0.15, 0.2) is 158 Å². The number of thiophene rings is 1. The Morgan fingerprint density at radius 3 is 1.06 bits per heavy atom. The molecule has 0 unspecified atom stereocenters. The highest BCUT2D eigenvalue weighted by Gasteiger charge is 2.30. The van der Waals surface area contributed by atoms with Crippen molar-refractivity contribution in [3.63, 3.8) is 0 Å². The summed E-state index contributed by atoms with van der Waals surface area (Å²) >= 11 is 1.92. The van der Waals surface area contributed by atoms with Gasteiger partial charge in [0.1, 0.15) is 0 Å². The maximum atomic E-state index is 3.63. The average Bonchev–Trinajstić information content (AvgIpc) is 4.07. The van der Waals surface area contributed by atoms with Crippen molar-refractivity contribution in [3.8, 4) is 22.3 Å². The molecule has 248 valence electrons. The van der Waals surface area contributed by atoms with Gasteiger partial charge in [0, 0.05) is 122 Å². The van der Waals surface area contributed by atoms with Gasteiger partial charge in [0.25, 0.3) is 0 Å². The molecule has 0 aliphatic heterocycles. The first kappa shape index (κ1) is 28.8. The van der Waals surface area contributed by atoms with Gasteiger partial charge in [0.2, 0.25) is 0 Å². The first-order valence-corrected chi connectivity index (χ1v) is 18.8. The number of hydrogen-bond donors (Lipinski definition) is 4. The lowest BCUT2D eigenvalue weighted by molar-refractivity contribution is 1.44. The van der Waals surface area contributed by atoms with Crippen LogP contribution in [0.5, 0.6) is 0 Å².